The molecule has 1 aliphatic heterocycles. The maximum Gasteiger partial charge on any atom is 0.255 e. The lowest BCUT2D eigenvalue weighted by atomic mass is 10.0. The van der Waals surface area contributed by atoms with Gasteiger partial charge in [0.05, 0.1) is 23.4 Å². The molecule has 0 radical (unpaired) electrons. The van der Waals surface area contributed by atoms with Crippen molar-refractivity contribution in [2.75, 3.05) is 26.8 Å². The predicted molar refractivity (Wildman–Crippen MR) is 91.2 cm³/mol. The van der Waals surface area contributed by atoms with Crippen molar-refractivity contribution in [1.29, 1.82) is 0 Å². The van der Waals surface area contributed by atoms with E-state index in [1.165, 1.54) is 35.2 Å². The molecule has 27 heavy (non-hydrogen) atoms. The van der Waals surface area contributed by atoms with Gasteiger partial charge in [-0.15, -0.1) is 5.10 Å². The van der Waals surface area contributed by atoms with Gasteiger partial charge in [-0.3, -0.25) is 9.59 Å². The summed E-state index contributed by atoms with van der Waals surface area (Å²) in [5.41, 5.74) is 0.538. The van der Waals surface area contributed by atoms with Crippen molar-refractivity contribution >= 4 is 11.8 Å². The van der Waals surface area contributed by atoms with Crippen LogP contribution >= 0.6 is 0 Å². The van der Waals surface area contributed by atoms with Crippen LogP contribution in [0.1, 0.15) is 16.8 Å². The molecule has 3 N–H and O–H groups in total. The number of benzene rings is 1. The van der Waals surface area contributed by atoms with Gasteiger partial charge in [0.15, 0.2) is 0 Å². The molecule has 144 valence electrons. The van der Waals surface area contributed by atoms with Gasteiger partial charge >= 0.3 is 0 Å². The summed E-state index contributed by atoms with van der Waals surface area (Å²) < 4.78 is 6.16. The summed E-state index contributed by atoms with van der Waals surface area (Å²) in [5, 5.41) is 33.8. The fourth-order valence-corrected chi connectivity index (χ4v) is 2.92. The Hall–Kier alpha value is -3.05. The van der Waals surface area contributed by atoms with E-state index < -0.39 is 18.1 Å². The van der Waals surface area contributed by atoms with Gasteiger partial charge in [0.1, 0.15) is 18.7 Å². The standard InChI is InChI=1S/C16H20N6O5/c1-27-8-15(25)21-5-4-12(14(24)7-21)18-16(26)11-6-10(2-3-13(11)23)22-9-17-19-20-22/h2-3,6,9,12,14,23-24H,4-5,7-8H2,1H3,(H,18,26)/t12-,14-/m1/s1. The van der Waals surface area contributed by atoms with Gasteiger partial charge in [-0.2, -0.15) is 0 Å². The molecule has 0 unspecified atom stereocenters. The van der Waals surface area contributed by atoms with Crippen molar-refractivity contribution in [2.24, 2.45) is 0 Å². The Kier molecular flexibility index (Phi) is 5.62. The van der Waals surface area contributed by atoms with Crippen LogP contribution in [0, 0.1) is 0 Å². The Labute approximate surface area is 154 Å². The molecule has 2 amide bonds. The van der Waals surface area contributed by atoms with Crippen molar-refractivity contribution in [2.45, 2.75) is 18.6 Å². The van der Waals surface area contributed by atoms with Crippen LogP contribution < -0.4 is 5.32 Å². The van der Waals surface area contributed by atoms with Crippen LogP contribution in [0.4, 0.5) is 0 Å². The van der Waals surface area contributed by atoms with Crippen molar-refractivity contribution in [1.82, 2.24) is 30.4 Å². The SMILES string of the molecule is COCC(=O)N1CC[C@@H](NC(=O)c2cc(-n3cnnn3)ccc2O)[C@H](O)C1. The molecule has 2 aromatic rings. The number of tetrazole rings is 1. The molecule has 0 bridgehead atoms. The molecule has 0 saturated carbocycles. The third kappa shape index (κ3) is 4.20. The lowest BCUT2D eigenvalue weighted by molar-refractivity contribution is -0.138. The molecule has 1 saturated heterocycles. The number of aromatic hydroxyl groups is 1. The number of carbonyl (C=O) groups excluding carboxylic acids is 2. The smallest absolute Gasteiger partial charge is 0.255 e. The third-order valence-electron chi connectivity index (χ3n) is 4.36. The van der Waals surface area contributed by atoms with Gasteiger partial charge in [0.2, 0.25) is 5.91 Å². The molecule has 0 aliphatic carbocycles. The Morgan fingerprint density at radius 3 is 2.89 bits per heavy atom. The van der Waals surface area contributed by atoms with E-state index in [0.717, 1.165) is 0 Å². The molecule has 1 aliphatic rings. The van der Waals surface area contributed by atoms with E-state index in [4.69, 9.17) is 4.74 Å². The summed E-state index contributed by atoms with van der Waals surface area (Å²) >= 11 is 0. The van der Waals surface area contributed by atoms with Gasteiger partial charge in [-0.05, 0) is 35.0 Å². The highest BCUT2D eigenvalue weighted by molar-refractivity contribution is 5.97. The number of β-amino-alcohol motifs (C(OH)–C–C–N with tert-alkyl or cyclic N) is 1. The highest BCUT2D eigenvalue weighted by atomic mass is 16.5. The van der Waals surface area contributed by atoms with Crippen LogP contribution in [-0.4, -0.2) is 86.1 Å². The van der Waals surface area contributed by atoms with Crippen molar-refractivity contribution in [3.8, 4) is 11.4 Å². The summed E-state index contributed by atoms with van der Waals surface area (Å²) in [5.74, 6) is -0.956. The van der Waals surface area contributed by atoms with Crippen LogP contribution in [-0.2, 0) is 9.53 Å². The van der Waals surface area contributed by atoms with E-state index in [1.54, 1.807) is 6.07 Å². The summed E-state index contributed by atoms with van der Waals surface area (Å²) in [4.78, 5) is 25.9. The summed E-state index contributed by atoms with van der Waals surface area (Å²) in [6.45, 7) is 0.437. The van der Waals surface area contributed by atoms with Crippen molar-refractivity contribution < 1.29 is 24.5 Å². The topological polar surface area (TPSA) is 143 Å². The second-order valence-electron chi connectivity index (χ2n) is 6.16. The monoisotopic (exact) mass is 376 g/mol. The van der Waals surface area contributed by atoms with Gasteiger partial charge in [0.25, 0.3) is 5.91 Å². The third-order valence-corrected chi connectivity index (χ3v) is 4.36. The molecule has 1 fully saturated rings. The largest absolute Gasteiger partial charge is 0.507 e. The minimum absolute atomic E-state index is 0.0353. The molecule has 1 aromatic heterocycles. The lowest BCUT2D eigenvalue weighted by Gasteiger charge is -2.36. The molecule has 11 nitrogen and oxygen atoms in total. The minimum atomic E-state index is -0.923. The number of nitrogens with one attached hydrogen (secondary N) is 1. The van der Waals surface area contributed by atoms with E-state index in [0.29, 0.717) is 18.7 Å². The number of nitrogens with zero attached hydrogens (tertiary/aromatic N) is 5. The Morgan fingerprint density at radius 2 is 2.22 bits per heavy atom. The average Bonchev–Trinajstić information content (AvgIpc) is 3.18. The summed E-state index contributed by atoms with van der Waals surface area (Å²) in [6.07, 6.45) is 0.828. The number of carbonyl (C=O) groups is 2. The number of hydrogen-bond acceptors (Lipinski definition) is 8. The summed E-state index contributed by atoms with van der Waals surface area (Å²) in [6, 6.07) is 3.84. The van der Waals surface area contributed by atoms with Crippen LogP contribution in [0.15, 0.2) is 24.5 Å². The van der Waals surface area contributed by atoms with E-state index in [-0.39, 0.29) is 30.4 Å². The number of piperidine rings is 1. The number of amides is 2. The quantitative estimate of drug-likeness (QED) is 0.585. The maximum atomic E-state index is 12.6. The zero-order valence-corrected chi connectivity index (χ0v) is 14.6. The number of aliphatic hydroxyl groups excluding tert-OH is 1. The van der Waals surface area contributed by atoms with Crippen molar-refractivity contribution in [3.05, 3.63) is 30.1 Å². The maximum absolute atomic E-state index is 12.6. The van der Waals surface area contributed by atoms with Crippen LogP contribution in [0.25, 0.3) is 5.69 Å². The van der Waals surface area contributed by atoms with E-state index >= 15 is 0 Å². The first kappa shape index (κ1) is 18.7. The molecular weight excluding hydrogens is 356 g/mol. The Morgan fingerprint density at radius 1 is 1.41 bits per heavy atom. The molecule has 2 heterocycles. The van der Waals surface area contributed by atoms with E-state index in [9.17, 15) is 19.8 Å². The van der Waals surface area contributed by atoms with Gasteiger partial charge in [-0.25, -0.2) is 4.68 Å². The fraction of sp³-hybridized carbons (Fsp3) is 0.438. The summed E-state index contributed by atoms with van der Waals surface area (Å²) in [7, 11) is 1.43. The fourth-order valence-electron chi connectivity index (χ4n) is 2.92. The van der Waals surface area contributed by atoms with Crippen LogP contribution in [0.2, 0.25) is 0 Å². The number of rotatable bonds is 5. The van der Waals surface area contributed by atoms with Crippen molar-refractivity contribution in [3.63, 3.8) is 0 Å². The van der Waals surface area contributed by atoms with E-state index in [2.05, 4.69) is 20.8 Å². The number of phenolic OH excluding ortho intramolecular Hbond substituents is 1. The average molecular weight is 376 g/mol. The lowest BCUT2D eigenvalue weighted by Crippen LogP contribution is -2.55. The molecule has 2 atom stereocenters. The minimum Gasteiger partial charge on any atom is -0.507 e. The number of aromatic nitrogens is 4. The van der Waals surface area contributed by atoms with Crippen LogP contribution in [0.3, 0.4) is 0 Å². The first-order valence-corrected chi connectivity index (χ1v) is 8.31. The number of methoxy groups -OCH3 is 1. The second kappa shape index (κ2) is 8.10. The molecule has 3 rings (SSSR count). The molecule has 1 aromatic carbocycles. The first-order valence-electron chi connectivity index (χ1n) is 8.31. The predicted octanol–water partition coefficient (Wildman–Crippen LogP) is -1.29. The highest BCUT2D eigenvalue weighted by Crippen LogP contribution is 2.21. The molecular formula is C16H20N6O5. The normalized spacial score (nSPS) is 19.7. The van der Waals surface area contributed by atoms with E-state index in [1.807, 2.05) is 0 Å². The Balaban J connectivity index is 1.67. The van der Waals surface area contributed by atoms with Crippen LogP contribution in [0.5, 0.6) is 5.75 Å². The number of phenols is 1. The number of hydrogen-bond donors (Lipinski definition) is 3. The zero-order valence-electron chi connectivity index (χ0n) is 14.6. The number of likely N-dealkylation sites (tertiary alicyclic amines) is 1. The Bertz CT molecular complexity index is 812. The molecule has 11 heteroatoms. The first-order chi connectivity index (χ1) is 13.0. The highest BCUT2D eigenvalue weighted by Gasteiger charge is 2.31. The number of ether oxygens (including phenoxy) is 1. The van der Waals surface area contributed by atoms with Gasteiger partial charge < -0.3 is 25.2 Å². The van der Waals surface area contributed by atoms with Gasteiger partial charge in [0, 0.05) is 20.2 Å². The molecule has 0 spiro atoms. The second-order valence-corrected chi connectivity index (χ2v) is 6.16. The zero-order chi connectivity index (χ0) is 19.4. The van der Waals surface area contributed by atoms with Gasteiger partial charge in [-0.1, -0.05) is 0 Å². The number of aliphatic hydroxyl groups is 1.